The van der Waals surface area contributed by atoms with Crippen LogP contribution in [0.4, 0.5) is 4.39 Å². The molecule has 0 unspecified atom stereocenters. The highest BCUT2D eigenvalue weighted by molar-refractivity contribution is 5.94. The van der Waals surface area contributed by atoms with Crippen LogP contribution in [0.5, 0.6) is 0 Å². The van der Waals surface area contributed by atoms with Crippen molar-refractivity contribution in [3.8, 4) is 0 Å². The zero-order chi connectivity index (χ0) is 15.9. The van der Waals surface area contributed by atoms with E-state index in [1.54, 1.807) is 4.90 Å². The third-order valence-corrected chi connectivity index (χ3v) is 3.95. The number of hydrogen-bond donors (Lipinski definition) is 0. The predicted molar refractivity (Wildman–Crippen MR) is 82.1 cm³/mol. The maximum atomic E-state index is 13.0. The first-order valence-corrected chi connectivity index (χ1v) is 7.47. The molecule has 3 rings (SSSR count). The van der Waals surface area contributed by atoms with Crippen molar-refractivity contribution in [1.82, 2.24) is 14.7 Å². The quantitative estimate of drug-likeness (QED) is 0.812. The molecule has 0 N–H and O–H groups in total. The van der Waals surface area contributed by atoms with Gasteiger partial charge in [-0.25, -0.2) is 4.39 Å². The molecule has 0 aliphatic carbocycles. The molecule has 0 atom stereocenters. The SMILES string of the molecule is CC(C)(C)n1ncc2c1CCN(C(=O)c1ccc(F)cc1)C2. The summed E-state index contributed by atoms with van der Waals surface area (Å²) in [6, 6.07) is 5.71. The number of rotatable bonds is 1. The second kappa shape index (κ2) is 5.23. The van der Waals surface area contributed by atoms with Crippen LogP contribution >= 0.6 is 0 Å². The molecule has 1 aliphatic rings. The van der Waals surface area contributed by atoms with Crippen molar-refractivity contribution >= 4 is 5.91 Å². The minimum absolute atomic E-state index is 0.0588. The number of hydrogen-bond acceptors (Lipinski definition) is 2. The first kappa shape index (κ1) is 14.8. The zero-order valence-corrected chi connectivity index (χ0v) is 13.1. The Morgan fingerprint density at radius 2 is 1.91 bits per heavy atom. The number of amides is 1. The molecule has 22 heavy (non-hydrogen) atoms. The molecule has 0 bridgehead atoms. The van der Waals surface area contributed by atoms with Gasteiger partial charge in [0.05, 0.1) is 11.7 Å². The van der Waals surface area contributed by atoms with Crippen molar-refractivity contribution in [2.45, 2.75) is 39.3 Å². The number of benzene rings is 1. The van der Waals surface area contributed by atoms with E-state index < -0.39 is 0 Å². The van der Waals surface area contributed by atoms with Gasteiger partial charge in [-0.05, 0) is 45.0 Å². The van der Waals surface area contributed by atoms with Crippen LogP contribution in [0.3, 0.4) is 0 Å². The Labute approximate surface area is 129 Å². The summed E-state index contributed by atoms with van der Waals surface area (Å²) < 4.78 is 15.0. The Hall–Kier alpha value is -2.17. The van der Waals surface area contributed by atoms with Crippen molar-refractivity contribution in [3.05, 3.63) is 53.1 Å². The van der Waals surface area contributed by atoms with Crippen molar-refractivity contribution in [2.24, 2.45) is 0 Å². The lowest BCUT2D eigenvalue weighted by Crippen LogP contribution is -2.37. The Kier molecular flexibility index (Phi) is 3.51. The van der Waals surface area contributed by atoms with Gasteiger partial charge in [0, 0.05) is 36.3 Å². The molecule has 1 aliphatic heterocycles. The van der Waals surface area contributed by atoms with Crippen molar-refractivity contribution in [3.63, 3.8) is 0 Å². The molecule has 2 aromatic rings. The van der Waals surface area contributed by atoms with E-state index in [1.807, 2.05) is 10.9 Å². The van der Waals surface area contributed by atoms with E-state index in [9.17, 15) is 9.18 Å². The minimum Gasteiger partial charge on any atom is -0.334 e. The molecule has 5 heteroatoms. The normalized spacial score (nSPS) is 14.8. The first-order valence-electron chi connectivity index (χ1n) is 7.47. The Morgan fingerprint density at radius 3 is 2.55 bits per heavy atom. The number of halogens is 1. The van der Waals surface area contributed by atoms with E-state index in [4.69, 9.17) is 0 Å². The standard InChI is InChI=1S/C17H20FN3O/c1-17(2,3)21-15-8-9-20(11-13(15)10-19-21)16(22)12-4-6-14(18)7-5-12/h4-7,10H,8-9,11H2,1-3H3. The monoisotopic (exact) mass is 301 g/mol. The zero-order valence-electron chi connectivity index (χ0n) is 13.1. The van der Waals surface area contributed by atoms with Crippen molar-refractivity contribution in [1.29, 1.82) is 0 Å². The third kappa shape index (κ3) is 2.63. The van der Waals surface area contributed by atoms with E-state index in [0.29, 0.717) is 18.7 Å². The Morgan fingerprint density at radius 1 is 1.23 bits per heavy atom. The number of nitrogens with zero attached hydrogens (tertiary/aromatic N) is 3. The summed E-state index contributed by atoms with van der Waals surface area (Å²) in [5, 5.41) is 4.48. The molecule has 0 spiro atoms. The minimum atomic E-state index is -0.330. The smallest absolute Gasteiger partial charge is 0.254 e. The van der Waals surface area contributed by atoms with Gasteiger partial charge >= 0.3 is 0 Å². The highest BCUT2D eigenvalue weighted by atomic mass is 19.1. The van der Waals surface area contributed by atoms with Crippen LogP contribution in [0.2, 0.25) is 0 Å². The van der Waals surface area contributed by atoms with Gasteiger partial charge in [-0.1, -0.05) is 0 Å². The average molecular weight is 301 g/mol. The summed E-state index contributed by atoms with van der Waals surface area (Å²) in [7, 11) is 0. The van der Waals surface area contributed by atoms with Gasteiger partial charge < -0.3 is 4.90 Å². The lowest BCUT2D eigenvalue weighted by molar-refractivity contribution is 0.0732. The molecule has 0 radical (unpaired) electrons. The average Bonchev–Trinajstić information content (AvgIpc) is 2.90. The summed E-state index contributed by atoms with van der Waals surface area (Å²) in [6.07, 6.45) is 2.64. The fraction of sp³-hybridized carbons (Fsp3) is 0.412. The molecule has 1 amide bonds. The van der Waals surface area contributed by atoms with Gasteiger partial charge in [0.1, 0.15) is 5.82 Å². The fourth-order valence-electron chi connectivity index (χ4n) is 2.86. The summed E-state index contributed by atoms with van der Waals surface area (Å²) in [6.45, 7) is 7.58. The lowest BCUT2D eigenvalue weighted by atomic mass is 10.0. The topological polar surface area (TPSA) is 38.1 Å². The molecule has 0 fully saturated rings. The van der Waals surface area contributed by atoms with Crippen LogP contribution in [0.25, 0.3) is 0 Å². The van der Waals surface area contributed by atoms with Crippen LogP contribution in [-0.4, -0.2) is 27.1 Å². The number of fused-ring (bicyclic) bond motifs is 1. The first-order chi connectivity index (χ1) is 10.4. The van der Waals surface area contributed by atoms with Crippen molar-refractivity contribution in [2.75, 3.05) is 6.54 Å². The van der Waals surface area contributed by atoms with E-state index >= 15 is 0 Å². The predicted octanol–water partition coefficient (Wildman–Crippen LogP) is 2.98. The van der Waals surface area contributed by atoms with E-state index in [-0.39, 0.29) is 17.3 Å². The highest BCUT2D eigenvalue weighted by Crippen LogP contribution is 2.25. The van der Waals surface area contributed by atoms with Crippen LogP contribution in [0.1, 0.15) is 42.4 Å². The van der Waals surface area contributed by atoms with Gasteiger partial charge in [0.25, 0.3) is 5.91 Å². The molecule has 4 nitrogen and oxygen atoms in total. The van der Waals surface area contributed by atoms with Gasteiger partial charge in [-0.2, -0.15) is 5.10 Å². The maximum Gasteiger partial charge on any atom is 0.254 e. The Balaban J connectivity index is 1.81. The molecule has 1 aromatic heterocycles. The number of carbonyl (C=O) groups is 1. The summed E-state index contributed by atoms with van der Waals surface area (Å²) in [5.41, 5.74) is 2.76. The van der Waals surface area contributed by atoms with Crippen LogP contribution in [0, 0.1) is 5.82 Å². The van der Waals surface area contributed by atoms with Crippen LogP contribution in [0.15, 0.2) is 30.5 Å². The second-order valence-corrected chi connectivity index (χ2v) is 6.68. The summed E-state index contributed by atoms with van der Waals surface area (Å²) >= 11 is 0. The van der Waals surface area contributed by atoms with Crippen LogP contribution in [-0.2, 0) is 18.5 Å². The second-order valence-electron chi connectivity index (χ2n) is 6.68. The largest absolute Gasteiger partial charge is 0.334 e. The van der Waals surface area contributed by atoms with E-state index in [1.165, 1.54) is 30.0 Å². The lowest BCUT2D eigenvalue weighted by Gasteiger charge is -2.30. The van der Waals surface area contributed by atoms with Gasteiger partial charge in [0.15, 0.2) is 0 Å². The molecule has 0 saturated heterocycles. The fourth-order valence-corrected chi connectivity index (χ4v) is 2.86. The number of aromatic nitrogens is 2. The molecule has 116 valence electrons. The van der Waals surface area contributed by atoms with Crippen molar-refractivity contribution < 1.29 is 9.18 Å². The van der Waals surface area contributed by atoms with Gasteiger partial charge in [-0.15, -0.1) is 0 Å². The van der Waals surface area contributed by atoms with Crippen LogP contribution < -0.4 is 0 Å². The molecule has 2 heterocycles. The van der Waals surface area contributed by atoms with Gasteiger partial charge in [-0.3, -0.25) is 9.48 Å². The number of carbonyl (C=O) groups excluding carboxylic acids is 1. The molecular weight excluding hydrogens is 281 g/mol. The molecular formula is C17H20FN3O. The summed E-state index contributed by atoms with van der Waals surface area (Å²) in [5.74, 6) is -0.391. The third-order valence-electron chi connectivity index (χ3n) is 3.95. The summed E-state index contributed by atoms with van der Waals surface area (Å²) in [4.78, 5) is 14.3. The van der Waals surface area contributed by atoms with E-state index in [0.717, 1.165) is 12.0 Å². The van der Waals surface area contributed by atoms with E-state index in [2.05, 4.69) is 25.9 Å². The molecule has 0 saturated carbocycles. The maximum absolute atomic E-state index is 13.0. The highest BCUT2D eigenvalue weighted by Gasteiger charge is 2.27. The van der Waals surface area contributed by atoms with Gasteiger partial charge in [0.2, 0.25) is 0 Å². The Bertz CT molecular complexity index is 698. The molecule has 1 aromatic carbocycles.